The van der Waals surface area contributed by atoms with Crippen LogP contribution in [0.4, 0.5) is 0 Å². The summed E-state index contributed by atoms with van der Waals surface area (Å²) in [5, 5.41) is 9.85. The third-order valence-corrected chi connectivity index (χ3v) is 5.90. The molecule has 2 atom stereocenters. The summed E-state index contributed by atoms with van der Waals surface area (Å²) in [5.74, 6) is 1.10. The fourth-order valence-electron chi connectivity index (χ4n) is 4.30. The van der Waals surface area contributed by atoms with Gasteiger partial charge in [-0.25, -0.2) is 0 Å². The summed E-state index contributed by atoms with van der Waals surface area (Å²) in [5.41, 5.74) is 0.859. The highest BCUT2D eigenvalue weighted by atomic mass is 16.3. The SMILES string of the molecule is CN=C(NCCCNC(=O)c1occc1C)NC1CC2CCCC(C1)N2C. The highest BCUT2D eigenvalue weighted by molar-refractivity contribution is 5.92. The number of carbonyl (C=O) groups is 1. The van der Waals surface area contributed by atoms with Gasteiger partial charge in [0.25, 0.3) is 5.91 Å². The lowest BCUT2D eigenvalue weighted by molar-refractivity contribution is 0.0526. The van der Waals surface area contributed by atoms with Gasteiger partial charge < -0.3 is 25.3 Å². The Labute approximate surface area is 162 Å². The van der Waals surface area contributed by atoms with Crippen LogP contribution in [0.25, 0.3) is 0 Å². The van der Waals surface area contributed by atoms with Crippen molar-refractivity contribution in [2.75, 3.05) is 27.2 Å². The molecule has 1 aromatic rings. The number of furan rings is 1. The Morgan fingerprint density at radius 2 is 1.96 bits per heavy atom. The minimum atomic E-state index is -0.155. The van der Waals surface area contributed by atoms with Crippen molar-refractivity contribution in [3.63, 3.8) is 0 Å². The summed E-state index contributed by atoms with van der Waals surface area (Å²) in [6.07, 6.45) is 8.72. The van der Waals surface area contributed by atoms with E-state index in [9.17, 15) is 4.79 Å². The van der Waals surface area contributed by atoms with E-state index in [0.29, 0.717) is 30.4 Å². The number of nitrogens with one attached hydrogen (secondary N) is 3. The van der Waals surface area contributed by atoms with E-state index in [1.807, 2.05) is 14.0 Å². The molecular weight excluding hydrogens is 342 g/mol. The molecule has 150 valence electrons. The Hall–Kier alpha value is -2.02. The molecule has 2 bridgehead atoms. The van der Waals surface area contributed by atoms with Crippen molar-refractivity contribution in [2.24, 2.45) is 4.99 Å². The molecule has 1 amide bonds. The molecule has 0 aliphatic carbocycles. The van der Waals surface area contributed by atoms with Crippen LogP contribution in [-0.4, -0.2) is 62.1 Å². The van der Waals surface area contributed by atoms with Gasteiger partial charge in [0.05, 0.1) is 6.26 Å². The van der Waals surface area contributed by atoms with Gasteiger partial charge in [-0.1, -0.05) is 6.42 Å². The Balaban J connectivity index is 1.35. The van der Waals surface area contributed by atoms with Crippen LogP contribution < -0.4 is 16.0 Å². The maximum atomic E-state index is 12.0. The van der Waals surface area contributed by atoms with Gasteiger partial charge in [0.15, 0.2) is 11.7 Å². The fourth-order valence-corrected chi connectivity index (χ4v) is 4.30. The molecule has 0 saturated carbocycles. The van der Waals surface area contributed by atoms with Crippen LogP contribution in [0.15, 0.2) is 21.7 Å². The maximum Gasteiger partial charge on any atom is 0.287 e. The first-order valence-corrected chi connectivity index (χ1v) is 10.1. The molecule has 3 rings (SSSR count). The molecule has 2 fully saturated rings. The van der Waals surface area contributed by atoms with E-state index in [4.69, 9.17) is 4.42 Å². The van der Waals surface area contributed by atoms with Crippen molar-refractivity contribution in [3.8, 4) is 0 Å². The molecule has 2 unspecified atom stereocenters. The smallest absolute Gasteiger partial charge is 0.287 e. The van der Waals surface area contributed by atoms with Crippen molar-refractivity contribution in [1.82, 2.24) is 20.9 Å². The lowest BCUT2D eigenvalue weighted by Crippen LogP contribution is -2.56. The zero-order valence-electron chi connectivity index (χ0n) is 16.8. The van der Waals surface area contributed by atoms with Gasteiger partial charge in [0.2, 0.25) is 0 Å². The van der Waals surface area contributed by atoms with Crippen LogP contribution in [0, 0.1) is 6.92 Å². The molecule has 1 aromatic heterocycles. The van der Waals surface area contributed by atoms with Gasteiger partial charge in [0, 0.05) is 43.8 Å². The van der Waals surface area contributed by atoms with E-state index in [-0.39, 0.29) is 5.91 Å². The molecule has 27 heavy (non-hydrogen) atoms. The number of rotatable bonds is 6. The molecule has 3 N–H and O–H groups in total. The van der Waals surface area contributed by atoms with Crippen molar-refractivity contribution < 1.29 is 9.21 Å². The summed E-state index contributed by atoms with van der Waals surface area (Å²) < 4.78 is 5.20. The molecule has 0 spiro atoms. The standard InChI is InChI=1S/C20H33N5O2/c1-14-8-11-27-18(14)19(26)22-9-5-10-23-20(21-2)24-15-12-16-6-4-7-17(13-15)25(16)3/h8,11,15-17H,4-7,9-10,12-13H2,1-3H3,(H,22,26)(H2,21,23,24). The van der Waals surface area contributed by atoms with Crippen molar-refractivity contribution >= 4 is 11.9 Å². The number of carbonyl (C=O) groups excluding carboxylic acids is 1. The Kier molecular flexibility index (Phi) is 6.77. The van der Waals surface area contributed by atoms with Gasteiger partial charge in [0.1, 0.15) is 0 Å². The third-order valence-electron chi connectivity index (χ3n) is 5.90. The second kappa shape index (κ2) is 9.26. The van der Waals surface area contributed by atoms with E-state index < -0.39 is 0 Å². The van der Waals surface area contributed by atoms with Crippen LogP contribution in [0.5, 0.6) is 0 Å². The summed E-state index contributed by atoms with van der Waals surface area (Å²) in [4.78, 5) is 18.9. The minimum Gasteiger partial charge on any atom is -0.459 e. The number of guanidine groups is 1. The van der Waals surface area contributed by atoms with Gasteiger partial charge in [-0.2, -0.15) is 0 Å². The topological polar surface area (TPSA) is 81.9 Å². The van der Waals surface area contributed by atoms with E-state index in [2.05, 4.69) is 32.9 Å². The van der Waals surface area contributed by atoms with Gasteiger partial charge >= 0.3 is 0 Å². The molecular formula is C20H33N5O2. The van der Waals surface area contributed by atoms with Crippen LogP contribution >= 0.6 is 0 Å². The quantitative estimate of drug-likeness (QED) is 0.402. The van der Waals surface area contributed by atoms with E-state index in [1.165, 1.54) is 32.1 Å². The normalized spacial score (nSPS) is 25.9. The molecule has 3 heterocycles. The molecule has 2 aliphatic heterocycles. The summed E-state index contributed by atoms with van der Waals surface area (Å²) in [6, 6.07) is 3.69. The molecule has 7 heteroatoms. The molecule has 2 aliphatic rings. The average Bonchev–Trinajstić information content (AvgIpc) is 3.07. The second-order valence-corrected chi connectivity index (χ2v) is 7.76. The third kappa shape index (κ3) is 5.03. The summed E-state index contributed by atoms with van der Waals surface area (Å²) in [6.45, 7) is 3.23. The van der Waals surface area contributed by atoms with Crippen molar-refractivity contribution in [2.45, 2.75) is 63.6 Å². The largest absolute Gasteiger partial charge is 0.459 e. The number of aryl methyl sites for hydroxylation is 1. The Bertz CT molecular complexity index is 643. The number of hydrogen-bond donors (Lipinski definition) is 3. The number of amides is 1. The van der Waals surface area contributed by atoms with E-state index >= 15 is 0 Å². The summed E-state index contributed by atoms with van der Waals surface area (Å²) >= 11 is 0. The second-order valence-electron chi connectivity index (χ2n) is 7.76. The lowest BCUT2D eigenvalue weighted by Gasteiger charge is -2.47. The van der Waals surface area contributed by atoms with E-state index in [1.54, 1.807) is 12.3 Å². The van der Waals surface area contributed by atoms with Gasteiger partial charge in [-0.3, -0.25) is 9.79 Å². The van der Waals surface area contributed by atoms with Gasteiger partial charge in [-0.05, 0) is 52.1 Å². The Morgan fingerprint density at radius 1 is 1.26 bits per heavy atom. The monoisotopic (exact) mass is 375 g/mol. The molecule has 2 saturated heterocycles. The van der Waals surface area contributed by atoms with Crippen LogP contribution in [-0.2, 0) is 0 Å². The predicted molar refractivity (Wildman–Crippen MR) is 107 cm³/mol. The summed E-state index contributed by atoms with van der Waals surface area (Å²) in [7, 11) is 4.09. The average molecular weight is 376 g/mol. The zero-order valence-corrected chi connectivity index (χ0v) is 16.8. The first-order valence-electron chi connectivity index (χ1n) is 10.1. The van der Waals surface area contributed by atoms with Crippen LogP contribution in [0.3, 0.4) is 0 Å². The van der Waals surface area contributed by atoms with Gasteiger partial charge in [-0.15, -0.1) is 0 Å². The fraction of sp³-hybridized carbons (Fsp3) is 0.700. The molecule has 0 radical (unpaired) electrons. The molecule has 7 nitrogen and oxygen atoms in total. The lowest BCUT2D eigenvalue weighted by atomic mass is 9.82. The highest BCUT2D eigenvalue weighted by Gasteiger charge is 2.36. The Morgan fingerprint density at radius 3 is 2.59 bits per heavy atom. The number of piperidine rings is 2. The van der Waals surface area contributed by atoms with Crippen molar-refractivity contribution in [1.29, 1.82) is 0 Å². The highest BCUT2D eigenvalue weighted by Crippen LogP contribution is 2.32. The molecule has 0 aromatic carbocycles. The van der Waals surface area contributed by atoms with E-state index in [0.717, 1.165) is 24.5 Å². The number of aliphatic imine (C=N–C) groups is 1. The first-order chi connectivity index (χ1) is 13.1. The van der Waals surface area contributed by atoms with Crippen LogP contribution in [0.2, 0.25) is 0 Å². The number of nitrogens with zero attached hydrogens (tertiary/aromatic N) is 2. The van der Waals surface area contributed by atoms with Crippen molar-refractivity contribution in [3.05, 3.63) is 23.7 Å². The minimum absolute atomic E-state index is 0.155. The predicted octanol–water partition coefficient (Wildman–Crippen LogP) is 1.89. The zero-order chi connectivity index (χ0) is 19.2. The first kappa shape index (κ1) is 19.7. The van der Waals surface area contributed by atoms with Crippen LogP contribution in [0.1, 0.15) is 54.6 Å². The maximum absolute atomic E-state index is 12.0. The number of hydrogen-bond acceptors (Lipinski definition) is 4. The number of fused-ring (bicyclic) bond motifs is 2.